The molecular formula is C70H120N2O54. The maximum absolute atomic E-state index is 13.0. The zero-order valence-electron chi connectivity index (χ0n) is 67.5. The number of hydrogen-bond donors (Lipinski definition) is 34. The van der Waals surface area contributed by atoms with E-state index >= 15 is 0 Å². The molecule has 0 bridgehead atoms. The van der Waals surface area contributed by atoms with Crippen LogP contribution in [0.3, 0.4) is 0 Å². The zero-order valence-corrected chi connectivity index (χ0v) is 67.5. The van der Waals surface area contributed by atoms with Gasteiger partial charge in [-0.2, -0.15) is 0 Å². The van der Waals surface area contributed by atoms with Crippen molar-refractivity contribution in [3.05, 3.63) is 0 Å². The topological polar surface area (TPSA) is 890 Å². The van der Waals surface area contributed by atoms with Crippen molar-refractivity contribution in [2.45, 2.75) is 359 Å². The van der Waals surface area contributed by atoms with E-state index in [9.17, 15) is 173 Å². The van der Waals surface area contributed by atoms with E-state index in [0.29, 0.717) is 0 Å². The largest absolute Gasteiger partial charge is 0.394 e. The number of nitrogens with one attached hydrogen (secondary N) is 2. The predicted octanol–water partition coefficient (Wildman–Crippen LogP) is -23.0. The predicted molar refractivity (Wildman–Crippen MR) is 385 cm³/mol. The molecular weight excluding hydrogens is 1730 g/mol. The SMILES string of the molecule is CC(=O)N[C@H]1[C@H](OC[C@H]2O[C@@H](O[C@@H]([C@@H](O)[C@H](O)CO)[C@H](CO)NC(C)=O)[C@H](O)[C@@H](O[C@@H]3O[C@H](CO)[C@H](O[C@H]4O[C@H](CO)[C@H](O)[C@H](O[C@H]5O[C@H](CO)[C@H](O)[C@H](O)[C@H]5O[C@H]5O[C@H](C)[C@H](O)[C@H](O)[C@H]5O)[C@H]4O)[C@H](O)[C@H]3O)[C@H]2O)O[C@H](CO)[C@@H](O[C@@H]2O[C@H](CO)[C@H](O[C@H]3O[C@H](CO)[C@H](O)[C@H](O[C@H]4O[C@H](CO)[C@H](O)[C@H](O)[C@H]4O[C@H]4O[C@H](C)[C@H](O)[C@H](O)[C@H]4O)[C@H]3O)[C@H](O)[C@H]2O)[C@@H]1O. The van der Waals surface area contributed by atoms with E-state index in [2.05, 4.69) is 10.6 Å². The molecule has 0 aromatic carbocycles. The molecule has 10 aliphatic heterocycles. The molecule has 54 atom stereocenters. The Bertz CT molecular complexity index is 3290. The summed E-state index contributed by atoms with van der Waals surface area (Å²) >= 11 is 0. The molecule has 10 heterocycles. The molecule has 734 valence electrons. The van der Waals surface area contributed by atoms with Crippen molar-refractivity contribution < 1.29 is 268 Å². The fourth-order valence-electron chi connectivity index (χ4n) is 16.1. The maximum Gasteiger partial charge on any atom is 0.217 e. The highest BCUT2D eigenvalue weighted by atomic mass is 16.8. The van der Waals surface area contributed by atoms with E-state index in [4.69, 9.17) is 94.7 Å². The molecule has 34 N–H and O–H groups in total. The smallest absolute Gasteiger partial charge is 0.217 e. The molecule has 0 spiro atoms. The number of ether oxygens (including phenoxy) is 20. The molecule has 56 nitrogen and oxygen atoms in total. The Morgan fingerprint density at radius 2 is 0.579 bits per heavy atom. The second kappa shape index (κ2) is 45.9. The van der Waals surface area contributed by atoms with Gasteiger partial charge in [-0.3, -0.25) is 9.59 Å². The fourth-order valence-corrected chi connectivity index (χ4v) is 16.1. The number of hydrogen-bond acceptors (Lipinski definition) is 54. The van der Waals surface area contributed by atoms with Crippen LogP contribution in [0.5, 0.6) is 0 Å². The lowest BCUT2D eigenvalue weighted by atomic mass is 9.94. The summed E-state index contributed by atoms with van der Waals surface area (Å²) in [5.74, 6) is -1.89. The van der Waals surface area contributed by atoms with Gasteiger partial charge in [0.1, 0.15) is 250 Å². The van der Waals surface area contributed by atoms with Crippen molar-refractivity contribution in [3.8, 4) is 0 Å². The number of rotatable bonds is 35. The highest BCUT2D eigenvalue weighted by molar-refractivity contribution is 5.73. The van der Waals surface area contributed by atoms with Gasteiger partial charge >= 0.3 is 0 Å². The van der Waals surface area contributed by atoms with Crippen LogP contribution in [0.2, 0.25) is 0 Å². The molecule has 10 fully saturated rings. The van der Waals surface area contributed by atoms with E-state index < -0.39 is 409 Å². The number of carbonyl (C=O) groups is 2. The molecule has 0 aromatic heterocycles. The lowest BCUT2D eigenvalue weighted by Crippen LogP contribution is -2.69. The molecule has 10 saturated heterocycles. The number of aliphatic hydroxyl groups is 32. The van der Waals surface area contributed by atoms with Crippen molar-refractivity contribution in [2.24, 2.45) is 0 Å². The van der Waals surface area contributed by atoms with Crippen LogP contribution < -0.4 is 10.6 Å². The Hall–Kier alpha value is -3.14. The monoisotopic (exact) mass is 1850 g/mol. The van der Waals surface area contributed by atoms with E-state index in [0.717, 1.165) is 13.8 Å². The second-order valence-corrected chi connectivity index (χ2v) is 32.0. The average Bonchev–Trinajstić information content (AvgIpc) is 0.770. The van der Waals surface area contributed by atoms with Crippen LogP contribution in [0.15, 0.2) is 0 Å². The van der Waals surface area contributed by atoms with Crippen molar-refractivity contribution in [1.29, 1.82) is 0 Å². The van der Waals surface area contributed by atoms with Gasteiger partial charge < -0.3 is 269 Å². The first-order valence-electron chi connectivity index (χ1n) is 40.3. The van der Waals surface area contributed by atoms with Gasteiger partial charge in [-0.25, -0.2) is 0 Å². The second-order valence-electron chi connectivity index (χ2n) is 32.0. The Kier molecular flexibility index (Phi) is 38.3. The van der Waals surface area contributed by atoms with Gasteiger partial charge in [0.25, 0.3) is 0 Å². The van der Waals surface area contributed by atoms with E-state index in [1.165, 1.54) is 13.8 Å². The van der Waals surface area contributed by atoms with E-state index in [1.54, 1.807) is 0 Å². The summed E-state index contributed by atoms with van der Waals surface area (Å²) in [4.78, 5) is 25.5. The highest BCUT2D eigenvalue weighted by Crippen LogP contribution is 2.41. The number of carbonyl (C=O) groups excluding carboxylic acids is 2. The Morgan fingerprint density at radius 3 is 0.952 bits per heavy atom. The molecule has 0 radical (unpaired) electrons. The fraction of sp³-hybridized carbons (Fsp3) is 0.971. The summed E-state index contributed by atoms with van der Waals surface area (Å²) in [6, 6.07) is -3.73. The standard InChI is InChI=1S/C70H120N2O54/c1-15-30(85)39(94)45(100)62(108-15)125-59-41(96)33(88)21(7-75)112-69(59)123-56-35(90)23(9-77)110-66(49(56)104)120-54-26(12-80)115-64(47(102)43(54)98)119-53-25(11-79)114-61(29(38(53)93)72-18(4)83)107-14-28-37(92)58(51(106)68(117-28)118-52(32(87)20(84)6-74)19(5-73)71-17(3)82)122-65-48(103)44(99)55(27(13-81)116-65)121-67-50(105)57(36(91)24(10-78)111-67)124-70-60(42(97)34(89)22(8-76)113-70)126-63-46(101)40(95)31(86)16(2)109-63/h15-16,19-70,73-81,84-106H,5-14H2,1-4H3,(H,71,82)(H,72,83)/t15-,16-,19+,20-,21-,22-,23-,24-,25-,26-,27-,28-,29-,30+,31+,32+,33+,34+,35+,36+,37+,38-,39+,40+,41+,42+,43-,44-,45-,46-,47-,48-,49-,50-,51-,52-,53-,54+,55+,56+,57+,58+,59-,60-,61-,62-,63-,64+,65+,66-,67-,68+,69-,70-/m1/s1. The van der Waals surface area contributed by atoms with Gasteiger partial charge in [0.05, 0.1) is 84.3 Å². The lowest BCUT2D eigenvalue weighted by molar-refractivity contribution is -0.400. The zero-order chi connectivity index (χ0) is 93.0. The van der Waals surface area contributed by atoms with Crippen LogP contribution in [0.1, 0.15) is 27.7 Å². The Balaban J connectivity index is 0.848. The normalized spacial score (nSPS) is 49.7. The van der Waals surface area contributed by atoms with Gasteiger partial charge in [-0.15, -0.1) is 0 Å². The van der Waals surface area contributed by atoms with Crippen LogP contribution in [0.4, 0.5) is 0 Å². The van der Waals surface area contributed by atoms with E-state index in [-0.39, 0.29) is 0 Å². The van der Waals surface area contributed by atoms with Gasteiger partial charge in [-0.05, 0) is 13.8 Å². The summed E-state index contributed by atoms with van der Waals surface area (Å²) < 4.78 is 116. The number of aliphatic hydroxyl groups excluding tert-OH is 32. The molecule has 10 rings (SSSR count). The minimum absolute atomic E-state index is 0.910. The number of amides is 2. The third kappa shape index (κ3) is 22.8. The van der Waals surface area contributed by atoms with Gasteiger partial charge in [0, 0.05) is 13.8 Å². The van der Waals surface area contributed by atoms with Gasteiger partial charge in [0.2, 0.25) is 11.8 Å². The third-order valence-corrected chi connectivity index (χ3v) is 23.4. The van der Waals surface area contributed by atoms with Crippen LogP contribution in [-0.2, 0) is 104 Å². The molecule has 0 saturated carbocycles. The summed E-state index contributed by atoms with van der Waals surface area (Å²) in [5.41, 5.74) is 0. The molecule has 0 unspecified atom stereocenters. The van der Waals surface area contributed by atoms with Gasteiger partial charge in [0.15, 0.2) is 62.9 Å². The summed E-state index contributed by atoms with van der Waals surface area (Å²) in [7, 11) is 0. The highest BCUT2D eigenvalue weighted by Gasteiger charge is 2.62. The first kappa shape index (κ1) is 105. The van der Waals surface area contributed by atoms with E-state index in [1.807, 2.05) is 0 Å². The van der Waals surface area contributed by atoms with Crippen molar-refractivity contribution in [2.75, 3.05) is 66.1 Å². The molecule has 0 aliphatic carbocycles. The molecule has 10 aliphatic rings. The molecule has 126 heavy (non-hydrogen) atoms. The van der Waals surface area contributed by atoms with Crippen LogP contribution in [0, 0.1) is 0 Å². The molecule has 56 heteroatoms. The first-order valence-corrected chi connectivity index (χ1v) is 40.3. The maximum atomic E-state index is 13.0. The van der Waals surface area contributed by atoms with Crippen molar-refractivity contribution in [1.82, 2.24) is 10.6 Å². The first-order chi connectivity index (χ1) is 59.6. The average molecular weight is 1850 g/mol. The van der Waals surface area contributed by atoms with Crippen LogP contribution >= 0.6 is 0 Å². The summed E-state index contributed by atoms with van der Waals surface area (Å²) in [5, 5.41) is 359. The molecule has 0 aromatic rings. The Labute approximate surface area is 713 Å². The third-order valence-electron chi connectivity index (χ3n) is 23.4. The van der Waals surface area contributed by atoms with Gasteiger partial charge in [-0.1, -0.05) is 0 Å². The quantitative estimate of drug-likeness (QED) is 0.0280. The lowest BCUT2D eigenvalue weighted by Gasteiger charge is -2.50. The summed E-state index contributed by atoms with van der Waals surface area (Å²) in [6.45, 7) is -7.06. The molecule has 2 amide bonds. The Morgan fingerprint density at radius 1 is 0.286 bits per heavy atom. The summed E-state index contributed by atoms with van der Waals surface area (Å²) in [6.07, 6.45) is -108. The minimum atomic E-state index is -2.52. The minimum Gasteiger partial charge on any atom is -0.394 e. The van der Waals surface area contributed by atoms with Crippen molar-refractivity contribution >= 4 is 11.8 Å². The van der Waals surface area contributed by atoms with Crippen LogP contribution in [0.25, 0.3) is 0 Å². The van der Waals surface area contributed by atoms with Crippen LogP contribution in [-0.4, -0.2) is 573 Å². The van der Waals surface area contributed by atoms with Crippen molar-refractivity contribution in [3.63, 3.8) is 0 Å².